The minimum atomic E-state index is -4.39. The number of carbonyl (C=O) groups is 1. The van der Waals surface area contributed by atoms with E-state index < -0.39 is 17.3 Å². The fourth-order valence-corrected chi connectivity index (χ4v) is 3.06. The molecule has 0 heterocycles. The molecule has 1 aromatic rings. The van der Waals surface area contributed by atoms with Gasteiger partial charge in [0.15, 0.2) is 5.78 Å². The Morgan fingerprint density at radius 3 is 2.76 bits per heavy atom. The van der Waals surface area contributed by atoms with Gasteiger partial charge in [-0.3, -0.25) is 4.79 Å². The van der Waals surface area contributed by atoms with Crippen LogP contribution < -0.4 is 5.73 Å². The van der Waals surface area contributed by atoms with Crippen molar-refractivity contribution in [3.63, 3.8) is 0 Å². The Labute approximate surface area is 122 Å². The zero-order valence-electron chi connectivity index (χ0n) is 12.0. The summed E-state index contributed by atoms with van der Waals surface area (Å²) in [7, 11) is 0. The molecule has 0 saturated heterocycles. The molecule has 1 fully saturated rings. The third-order valence-corrected chi connectivity index (χ3v) is 4.21. The third-order valence-electron chi connectivity index (χ3n) is 4.21. The van der Waals surface area contributed by atoms with Gasteiger partial charge in [0.05, 0.1) is 11.1 Å². The van der Waals surface area contributed by atoms with Crippen molar-refractivity contribution in [1.82, 2.24) is 0 Å². The molecule has 0 radical (unpaired) electrons. The predicted molar refractivity (Wildman–Crippen MR) is 74.7 cm³/mol. The van der Waals surface area contributed by atoms with Gasteiger partial charge in [0.2, 0.25) is 0 Å². The van der Waals surface area contributed by atoms with Crippen LogP contribution in [-0.2, 0) is 17.4 Å². The summed E-state index contributed by atoms with van der Waals surface area (Å²) in [6.45, 7) is 2.05. The lowest BCUT2D eigenvalue weighted by Crippen LogP contribution is -2.51. The highest BCUT2D eigenvalue weighted by atomic mass is 19.4. The molecular formula is C16H20F3NO. The lowest BCUT2D eigenvalue weighted by molar-refractivity contribution is -0.137. The molecule has 0 aliphatic heterocycles. The smallest absolute Gasteiger partial charge is 0.319 e. The normalized spacial score (nSPS) is 26.6. The number of halogens is 3. The lowest BCUT2D eigenvalue weighted by atomic mass is 9.73. The number of alkyl halides is 3. The van der Waals surface area contributed by atoms with Crippen LogP contribution in [0, 0.1) is 5.92 Å². The van der Waals surface area contributed by atoms with E-state index in [4.69, 9.17) is 5.73 Å². The van der Waals surface area contributed by atoms with Crippen LogP contribution in [0.5, 0.6) is 0 Å². The molecule has 2 N–H and O–H groups in total. The van der Waals surface area contributed by atoms with E-state index in [1.165, 1.54) is 6.07 Å². The van der Waals surface area contributed by atoms with Crippen LogP contribution in [0.25, 0.3) is 0 Å². The molecule has 2 nitrogen and oxygen atoms in total. The second-order valence-electron chi connectivity index (χ2n) is 6.16. The van der Waals surface area contributed by atoms with E-state index in [1.807, 2.05) is 0 Å². The minimum Gasteiger partial charge on any atom is -0.319 e. The SMILES string of the molecule is CC1CCCC(N)(C(=O)Cc2cccc(C(F)(F)F)c2)C1. The van der Waals surface area contributed by atoms with Crippen molar-refractivity contribution >= 4 is 5.78 Å². The Kier molecular flexibility index (Phi) is 4.42. The van der Waals surface area contributed by atoms with Crippen molar-refractivity contribution in [3.05, 3.63) is 35.4 Å². The van der Waals surface area contributed by atoms with Gasteiger partial charge in [-0.1, -0.05) is 38.0 Å². The molecule has 0 aromatic heterocycles. The maximum absolute atomic E-state index is 12.7. The van der Waals surface area contributed by atoms with Crippen molar-refractivity contribution < 1.29 is 18.0 Å². The fraction of sp³-hybridized carbons (Fsp3) is 0.562. The molecule has 1 saturated carbocycles. The summed E-state index contributed by atoms with van der Waals surface area (Å²) < 4.78 is 38.0. The number of Topliss-reactive ketones (excluding diaryl/α,β-unsaturated/α-hetero) is 1. The molecule has 1 aliphatic rings. The largest absolute Gasteiger partial charge is 0.416 e. The van der Waals surface area contributed by atoms with E-state index in [-0.39, 0.29) is 12.2 Å². The summed E-state index contributed by atoms with van der Waals surface area (Å²) >= 11 is 0. The molecule has 2 unspecified atom stereocenters. The second kappa shape index (κ2) is 5.79. The third kappa shape index (κ3) is 3.84. The standard InChI is InChI=1S/C16H20F3NO/c1-11-4-3-7-15(20,10-11)14(21)9-12-5-2-6-13(8-12)16(17,18)19/h2,5-6,8,11H,3-4,7,9-10,20H2,1H3. The number of rotatable bonds is 3. The predicted octanol–water partition coefficient (Wildman–Crippen LogP) is 3.72. The fourth-order valence-electron chi connectivity index (χ4n) is 3.06. The molecule has 21 heavy (non-hydrogen) atoms. The number of benzene rings is 1. The monoisotopic (exact) mass is 299 g/mol. The number of nitrogens with two attached hydrogens (primary N) is 1. The lowest BCUT2D eigenvalue weighted by Gasteiger charge is -2.35. The Balaban J connectivity index is 2.12. The summed E-state index contributed by atoms with van der Waals surface area (Å²) in [6, 6.07) is 4.92. The molecule has 2 rings (SSSR count). The minimum absolute atomic E-state index is 0.0346. The quantitative estimate of drug-likeness (QED) is 0.924. The van der Waals surface area contributed by atoms with E-state index in [2.05, 4.69) is 6.92 Å². The van der Waals surface area contributed by atoms with Gasteiger partial charge in [0.1, 0.15) is 0 Å². The first-order chi connectivity index (χ1) is 9.71. The van der Waals surface area contributed by atoms with Gasteiger partial charge in [0.25, 0.3) is 0 Å². The zero-order valence-corrected chi connectivity index (χ0v) is 12.0. The van der Waals surface area contributed by atoms with E-state index in [1.54, 1.807) is 6.07 Å². The molecular weight excluding hydrogens is 279 g/mol. The summed E-state index contributed by atoms with van der Waals surface area (Å²) in [4.78, 5) is 12.4. The van der Waals surface area contributed by atoms with Crippen molar-refractivity contribution in [2.75, 3.05) is 0 Å². The van der Waals surface area contributed by atoms with E-state index in [9.17, 15) is 18.0 Å². The molecule has 1 aromatic carbocycles. The zero-order chi connectivity index (χ0) is 15.7. The Bertz CT molecular complexity index is 526. The van der Waals surface area contributed by atoms with Crippen molar-refractivity contribution in [2.45, 2.75) is 50.7 Å². The van der Waals surface area contributed by atoms with Gasteiger partial charge in [-0.25, -0.2) is 0 Å². The van der Waals surface area contributed by atoms with Gasteiger partial charge >= 0.3 is 6.18 Å². The Hall–Kier alpha value is -1.36. The highest BCUT2D eigenvalue weighted by Gasteiger charge is 2.37. The molecule has 116 valence electrons. The molecule has 2 atom stereocenters. The van der Waals surface area contributed by atoms with Crippen LogP contribution in [0.3, 0.4) is 0 Å². The molecule has 0 amide bonds. The van der Waals surface area contributed by atoms with Crippen LogP contribution in [0.4, 0.5) is 13.2 Å². The topological polar surface area (TPSA) is 43.1 Å². The first-order valence-electron chi connectivity index (χ1n) is 7.19. The second-order valence-corrected chi connectivity index (χ2v) is 6.16. The summed E-state index contributed by atoms with van der Waals surface area (Å²) in [5.41, 5.74) is 4.96. The van der Waals surface area contributed by atoms with Gasteiger partial charge < -0.3 is 5.73 Å². The average molecular weight is 299 g/mol. The van der Waals surface area contributed by atoms with E-state index in [0.717, 1.165) is 25.0 Å². The molecule has 0 bridgehead atoms. The maximum atomic E-state index is 12.7. The van der Waals surface area contributed by atoms with Crippen molar-refractivity contribution in [1.29, 1.82) is 0 Å². The average Bonchev–Trinajstić information content (AvgIpc) is 2.37. The highest BCUT2D eigenvalue weighted by molar-refractivity contribution is 5.90. The first kappa shape index (κ1) is 16.0. The van der Waals surface area contributed by atoms with Crippen LogP contribution in [0.15, 0.2) is 24.3 Å². The van der Waals surface area contributed by atoms with Gasteiger partial charge in [-0.15, -0.1) is 0 Å². The van der Waals surface area contributed by atoms with Crippen molar-refractivity contribution in [2.24, 2.45) is 11.7 Å². The van der Waals surface area contributed by atoms with Crippen LogP contribution in [0.1, 0.15) is 43.7 Å². The Morgan fingerprint density at radius 1 is 1.43 bits per heavy atom. The summed E-state index contributed by atoms with van der Waals surface area (Å²) in [5.74, 6) is 0.225. The summed E-state index contributed by atoms with van der Waals surface area (Å²) in [6.07, 6.45) is -1.24. The van der Waals surface area contributed by atoms with Crippen molar-refractivity contribution in [3.8, 4) is 0 Å². The molecule has 1 aliphatic carbocycles. The van der Waals surface area contributed by atoms with Gasteiger partial charge in [-0.05, 0) is 30.4 Å². The maximum Gasteiger partial charge on any atom is 0.416 e. The highest BCUT2D eigenvalue weighted by Crippen LogP contribution is 2.33. The van der Waals surface area contributed by atoms with E-state index >= 15 is 0 Å². The van der Waals surface area contributed by atoms with Gasteiger partial charge in [-0.2, -0.15) is 13.2 Å². The van der Waals surface area contributed by atoms with Crippen LogP contribution in [-0.4, -0.2) is 11.3 Å². The van der Waals surface area contributed by atoms with Crippen LogP contribution in [0.2, 0.25) is 0 Å². The van der Waals surface area contributed by atoms with Gasteiger partial charge in [0, 0.05) is 6.42 Å². The van der Waals surface area contributed by atoms with Crippen LogP contribution >= 0.6 is 0 Å². The van der Waals surface area contributed by atoms with E-state index in [0.29, 0.717) is 24.3 Å². The molecule has 5 heteroatoms. The molecule has 0 spiro atoms. The number of hydrogen-bond acceptors (Lipinski definition) is 2. The Morgan fingerprint density at radius 2 is 2.14 bits per heavy atom. The summed E-state index contributed by atoms with van der Waals surface area (Å²) in [5, 5.41) is 0. The first-order valence-corrected chi connectivity index (χ1v) is 7.19. The number of hydrogen-bond donors (Lipinski definition) is 1. The number of ketones is 1. The number of carbonyl (C=O) groups excluding carboxylic acids is 1.